The number of rotatable bonds is 5. The molecule has 1 aliphatic rings. The van der Waals surface area contributed by atoms with E-state index >= 15 is 0 Å². The molecule has 2 heterocycles. The highest BCUT2D eigenvalue weighted by atomic mass is 79.9. The quantitative estimate of drug-likeness (QED) is 0.539. The van der Waals surface area contributed by atoms with Crippen LogP contribution >= 0.6 is 27.7 Å². The minimum atomic E-state index is -1.01. The van der Waals surface area contributed by atoms with Crippen LogP contribution in [-0.2, 0) is 0 Å². The molecule has 0 spiro atoms. The topological polar surface area (TPSA) is 74.7 Å². The molecule has 2 aromatic carbocycles. The molecule has 0 unspecified atom stereocenters. The summed E-state index contributed by atoms with van der Waals surface area (Å²) in [5, 5.41) is 14.0. The third-order valence-corrected chi connectivity index (χ3v) is 6.31. The monoisotopic (exact) mass is 473 g/mol. The summed E-state index contributed by atoms with van der Waals surface area (Å²) < 4.78 is 6.14. The van der Waals surface area contributed by atoms with Crippen LogP contribution in [0.1, 0.15) is 10.4 Å². The van der Waals surface area contributed by atoms with Gasteiger partial charge >= 0.3 is 5.97 Å². The van der Waals surface area contributed by atoms with E-state index in [0.29, 0.717) is 11.4 Å². The largest absolute Gasteiger partial charge is 0.497 e. The highest BCUT2D eigenvalue weighted by Crippen LogP contribution is 2.38. The number of ether oxygens (including phenoxy) is 1. The summed E-state index contributed by atoms with van der Waals surface area (Å²) in [6, 6.07) is 10.9. The maximum Gasteiger partial charge on any atom is 0.337 e. The van der Waals surface area contributed by atoms with Crippen LogP contribution in [0, 0.1) is 0 Å². The maximum absolute atomic E-state index is 11.9. The molecule has 0 bridgehead atoms. The molecule has 0 saturated carbocycles. The summed E-state index contributed by atoms with van der Waals surface area (Å²) in [4.78, 5) is 18.8. The Bertz CT molecular complexity index is 1070. The lowest BCUT2D eigenvalue weighted by molar-refractivity contribution is 0.0697. The van der Waals surface area contributed by atoms with Crippen molar-refractivity contribution in [3.8, 4) is 5.75 Å². The van der Waals surface area contributed by atoms with Gasteiger partial charge in [-0.2, -0.15) is 11.8 Å². The smallest absolute Gasteiger partial charge is 0.337 e. The van der Waals surface area contributed by atoms with Crippen molar-refractivity contribution >= 4 is 61.6 Å². The summed E-state index contributed by atoms with van der Waals surface area (Å²) in [7, 11) is 1.52. The molecule has 0 amide bonds. The van der Waals surface area contributed by atoms with Gasteiger partial charge in [-0.3, -0.25) is 4.98 Å². The second-order valence-electron chi connectivity index (χ2n) is 6.62. The van der Waals surface area contributed by atoms with Crippen molar-refractivity contribution in [3.63, 3.8) is 0 Å². The number of halogens is 1. The Morgan fingerprint density at radius 3 is 2.76 bits per heavy atom. The number of hydrogen-bond acceptors (Lipinski definition) is 6. The van der Waals surface area contributed by atoms with Gasteiger partial charge in [0.1, 0.15) is 5.75 Å². The van der Waals surface area contributed by atoms with Gasteiger partial charge in [0.15, 0.2) is 0 Å². The number of aromatic carboxylic acids is 1. The van der Waals surface area contributed by atoms with Gasteiger partial charge in [-0.1, -0.05) is 15.9 Å². The first kappa shape index (κ1) is 19.8. The number of methoxy groups -OCH3 is 1. The number of thioether (sulfide) groups is 1. The minimum Gasteiger partial charge on any atom is -0.497 e. The Morgan fingerprint density at radius 2 is 2.03 bits per heavy atom. The lowest BCUT2D eigenvalue weighted by Gasteiger charge is -2.31. The number of nitrogens with zero attached hydrogens (tertiary/aromatic N) is 2. The summed E-state index contributed by atoms with van der Waals surface area (Å²) in [6.45, 7) is 1.85. The molecule has 0 aliphatic carbocycles. The number of aromatic nitrogens is 1. The molecule has 29 heavy (non-hydrogen) atoms. The summed E-state index contributed by atoms with van der Waals surface area (Å²) in [5.41, 5.74) is 3.35. The Balaban J connectivity index is 1.87. The molecule has 0 radical (unpaired) electrons. The Morgan fingerprint density at radius 1 is 1.24 bits per heavy atom. The zero-order chi connectivity index (χ0) is 20.4. The van der Waals surface area contributed by atoms with Gasteiger partial charge in [0.05, 0.1) is 41.4 Å². The zero-order valence-electron chi connectivity index (χ0n) is 15.8. The molecule has 2 N–H and O–H groups in total. The van der Waals surface area contributed by atoms with Crippen LogP contribution in [-0.4, -0.2) is 47.8 Å². The van der Waals surface area contributed by atoms with Crippen molar-refractivity contribution in [1.82, 2.24) is 4.98 Å². The fourth-order valence-corrected chi connectivity index (χ4v) is 4.66. The van der Waals surface area contributed by atoms with Crippen LogP contribution in [0.5, 0.6) is 5.75 Å². The molecule has 1 aromatic heterocycles. The van der Waals surface area contributed by atoms with E-state index in [-0.39, 0.29) is 5.56 Å². The van der Waals surface area contributed by atoms with Gasteiger partial charge in [-0.05, 0) is 36.4 Å². The van der Waals surface area contributed by atoms with E-state index in [4.69, 9.17) is 4.74 Å². The predicted molar refractivity (Wildman–Crippen MR) is 122 cm³/mol. The van der Waals surface area contributed by atoms with Crippen LogP contribution in [0.2, 0.25) is 0 Å². The van der Waals surface area contributed by atoms with Crippen LogP contribution < -0.4 is 15.0 Å². The molecule has 4 rings (SSSR count). The van der Waals surface area contributed by atoms with Crippen molar-refractivity contribution < 1.29 is 14.6 Å². The molecule has 1 aliphatic heterocycles. The fraction of sp³-hybridized carbons (Fsp3) is 0.238. The zero-order valence-corrected chi connectivity index (χ0v) is 18.2. The Kier molecular flexibility index (Phi) is 5.82. The van der Waals surface area contributed by atoms with Crippen LogP contribution in [0.3, 0.4) is 0 Å². The summed E-state index contributed by atoms with van der Waals surface area (Å²) >= 11 is 5.48. The SMILES string of the molecule is COc1ccc(Nc2c(N3CCSCC3)cnc3ccc(Br)cc23)c(C(=O)O)c1. The number of carbonyl (C=O) groups is 1. The average Bonchev–Trinajstić information content (AvgIpc) is 2.74. The molecule has 8 heteroatoms. The molecule has 150 valence electrons. The molecule has 6 nitrogen and oxygen atoms in total. The van der Waals surface area contributed by atoms with Crippen molar-refractivity contribution in [2.75, 3.05) is 41.9 Å². The first-order valence-electron chi connectivity index (χ1n) is 9.16. The summed E-state index contributed by atoms with van der Waals surface area (Å²) in [6.07, 6.45) is 1.87. The van der Waals surface area contributed by atoms with E-state index in [1.165, 1.54) is 13.2 Å². The summed E-state index contributed by atoms with van der Waals surface area (Å²) in [5.74, 6) is 1.60. The third kappa shape index (κ3) is 4.13. The number of carboxylic acids is 1. The number of anilines is 3. The Hall–Kier alpha value is -2.45. The number of benzene rings is 2. The molecule has 1 fully saturated rings. The average molecular weight is 474 g/mol. The first-order valence-corrected chi connectivity index (χ1v) is 11.1. The molecule has 0 atom stereocenters. The highest BCUT2D eigenvalue weighted by molar-refractivity contribution is 9.10. The van der Waals surface area contributed by atoms with Crippen molar-refractivity contribution in [2.24, 2.45) is 0 Å². The second kappa shape index (κ2) is 8.51. The number of fused-ring (bicyclic) bond motifs is 1. The predicted octanol–water partition coefficient (Wildman–Crippen LogP) is 5.00. The molecular weight excluding hydrogens is 454 g/mol. The van der Waals surface area contributed by atoms with E-state index in [9.17, 15) is 9.90 Å². The standard InChI is InChI=1S/C21H20BrN3O3S/c1-28-14-3-5-18(16(11-14)21(26)27)24-20-15-10-13(22)2-4-17(15)23-12-19(20)25-6-8-29-9-7-25/h2-5,10-12H,6-9H2,1H3,(H,23,24)(H,26,27). The lowest BCUT2D eigenvalue weighted by Crippen LogP contribution is -2.33. The van der Waals surface area contributed by atoms with Gasteiger partial charge in [0.25, 0.3) is 0 Å². The van der Waals surface area contributed by atoms with Crippen molar-refractivity contribution in [2.45, 2.75) is 0 Å². The maximum atomic E-state index is 11.9. The van der Waals surface area contributed by atoms with Gasteiger partial charge < -0.3 is 20.1 Å². The van der Waals surface area contributed by atoms with Gasteiger partial charge in [0.2, 0.25) is 0 Å². The minimum absolute atomic E-state index is 0.157. The molecular formula is C21H20BrN3O3S. The third-order valence-electron chi connectivity index (χ3n) is 4.88. The van der Waals surface area contributed by atoms with E-state index < -0.39 is 5.97 Å². The van der Waals surface area contributed by atoms with Gasteiger partial charge in [-0.15, -0.1) is 0 Å². The molecule has 1 saturated heterocycles. The lowest BCUT2D eigenvalue weighted by atomic mass is 10.1. The van der Waals surface area contributed by atoms with E-state index in [1.54, 1.807) is 12.1 Å². The number of pyridine rings is 1. The molecule has 3 aromatic rings. The van der Waals surface area contributed by atoms with Crippen LogP contribution in [0.4, 0.5) is 17.1 Å². The van der Waals surface area contributed by atoms with Crippen LogP contribution in [0.15, 0.2) is 47.1 Å². The highest BCUT2D eigenvalue weighted by Gasteiger charge is 2.20. The second-order valence-corrected chi connectivity index (χ2v) is 8.76. The van der Waals surface area contributed by atoms with Crippen LogP contribution in [0.25, 0.3) is 10.9 Å². The van der Waals surface area contributed by atoms with Crippen molar-refractivity contribution in [1.29, 1.82) is 0 Å². The van der Waals surface area contributed by atoms with E-state index in [0.717, 1.165) is 51.3 Å². The number of carboxylic acid groups (broad SMARTS) is 1. The first-order chi connectivity index (χ1) is 14.1. The Labute approximate surface area is 181 Å². The van der Waals surface area contributed by atoms with E-state index in [2.05, 4.69) is 31.1 Å². The van der Waals surface area contributed by atoms with Gasteiger partial charge in [0, 0.05) is 34.5 Å². The number of nitrogens with one attached hydrogen (secondary N) is 1. The van der Waals surface area contributed by atoms with Crippen molar-refractivity contribution in [3.05, 3.63) is 52.6 Å². The van der Waals surface area contributed by atoms with E-state index in [1.807, 2.05) is 36.2 Å². The number of hydrogen-bond donors (Lipinski definition) is 2. The van der Waals surface area contributed by atoms with Gasteiger partial charge in [-0.25, -0.2) is 4.79 Å². The fourth-order valence-electron chi connectivity index (χ4n) is 3.40. The normalized spacial score (nSPS) is 14.1.